The molecule has 2 aromatic rings. The molecule has 1 N–H and O–H groups in total. The molecule has 0 unspecified atom stereocenters. The molecule has 8 heteroatoms. The highest BCUT2D eigenvalue weighted by molar-refractivity contribution is 7.99. The third kappa shape index (κ3) is 5.29. The Morgan fingerprint density at radius 2 is 1.96 bits per heavy atom. The Balaban J connectivity index is 2.13. The van der Waals surface area contributed by atoms with Crippen LogP contribution in [0.15, 0.2) is 52.9 Å². The van der Waals surface area contributed by atoms with Gasteiger partial charge in [-0.2, -0.15) is 14.0 Å². The number of anilines is 1. The first-order valence-electron chi connectivity index (χ1n) is 7.24. The summed E-state index contributed by atoms with van der Waals surface area (Å²) in [5, 5.41) is 11.7. The zero-order chi connectivity index (χ0) is 19.1. The minimum absolute atomic E-state index is 0.0480. The molecule has 1 amide bonds. The maximum atomic E-state index is 13.7. The molecule has 2 rings (SSSR count). The molecular formula is C18H13F3N2O2S. The fourth-order valence-corrected chi connectivity index (χ4v) is 2.50. The summed E-state index contributed by atoms with van der Waals surface area (Å²) in [6, 6.07) is 11.5. The van der Waals surface area contributed by atoms with Gasteiger partial charge in [0.2, 0.25) is 0 Å². The van der Waals surface area contributed by atoms with E-state index < -0.39 is 17.5 Å². The number of carbonyl (C=O) groups is 1. The van der Waals surface area contributed by atoms with Crippen molar-refractivity contribution in [2.45, 2.75) is 10.7 Å². The number of rotatable bonds is 6. The highest BCUT2D eigenvalue weighted by Gasteiger charge is 2.11. The van der Waals surface area contributed by atoms with Crippen LogP contribution in [0.5, 0.6) is 5.75 Å². The van der Waals surface area contributed by atoms with E-state index in [1.165, 1.54) is 49.6 Å². The van der Waals surface area contributed by atoms with E-state index in [0.29, 0.717) is 27.9 Å². The van der Waals surface area contributed by atoms with Gasteiger partial charge in [-0.1, -0.05) is 17.8 Å². The van der Waals surface area contributed by atoms with E-state index in [2.05, 4.69) is 5.32 Å². The van der Waals surface area contributed by atoms with Crippen LogP contribution in [0, 0.1) is 17.1 Å². The van der Waals surface area contributed by atoms with E-state index in [9.17, 15) is 18.0 Å². The minimum Gasteiger partial charge on any atom is -0.494 e. The third-order valence-corrected chi connectivity index (χ3v) is 3.91. The number of halogens is 3. The normalized spacial score (nSPS) is 11.2. The van der Waals surface area contributed by atoms with Gasteiger partial charge in [0.1, 0.15) is 11.6 Å². The second-order valence-electron chi connectivity index (χ2n) is 4.92. The van der Waals surface area contributed by atoms with E-state index >= 15 is 0 Å². The molecule has 0 heterocycles. The SMILES string of the molecule is COc1ccc(C=C(C#N)C(=O)Nc2ccc(SC(F)F)cc2)cc1F. The Morgan fingerprint density at radius 3 is 2.50 bits per heavy atom. The number of nitrogens with zero attached hydrogens (tertiary/aromatic N) is 1. The number of carbonyl (C=O) groups excluding carboxylic acids is 1. The molecule has 0 saturated heterocycles. The molecule has 0 aliphatic rings. The second-order valence-corrected chi connectivity index (χ2v) is 5.98. The largest absolute Gasteiger partial charge is 0.494 e. The Hall–Kier alpha value is -2.92. The third-order valence-electron chi connectivity index (χ3n) is 3.19. The van der Waals surface area contributed by atoms with Gasteiger partial charge >= 0.3 is 0 Å². The smallest absolute Gasteiger partial charge is 0.288 e. The maximum absolute atomic E-state index is 13.7. The van der Waals surface area contributed by atoms with E-state index in [0.717, 1.165) is 6.07 Å². The van der Waals surface area contributed by atoms with Crippen LogP contribution < -0.4 is 10.1 Å². The van der Waals surface area contributed by atoms with Crippen molar-refractivity contribution in [3.05, 3.63) is 59.4 Å². The van der Waals surface area contributed by atoms with Crippen molar-refractivity contribution >= 4 is 29.4 Å². The number of thioether (sulfide) groups is 1. The minimum atomic E-state index is -2.53. The van der Waals surface area contributed by atoms with E-state index in [-0.39, 0.29) is 11.3 Å². The molecule has 134 valence electrons. The molecule has 26 heavy (non-hydrogen) atoms. The van der Waals surface area contributed by atoms with Gasteiger partial charge in [-0.3, -0.25) is 4.79 Å². The Kier molecular flexibility index (Phi) is 6.69. The van der Waals surface area contributed by atoms with Crippen LogP contribution in [0.4, 0.5) is 18.9 Å². The van der Waals surface area contributed by atoms with Gasteiger partial charge in [0, 0.05) is 10.6 Å². The van der Waals surface area contributed by atoms with Gasteiger partial charge < -0.3 is 10.1 Å². The van der Waals surface area contributed by atoms with Crippen LogP contribution in [0.3, 0.4) is 0 Å². The second kappa shape index (κ2) is 8.97. The highest BCUT2D eigenvalue weighted by Crippen LogP contribution is 2.26. The maximum Gasteiger partial charge on any atom is 0.288 e. The summed E-state index contributed by atoms with van der Waals surface area (Å²) < 4.78 is 43.1. The summed E-state index contributed by atoms with van der Waals surface area (Å²) in [5.74, 6) is -3.80. The van der Waals surface area contributed by atoms with Crippen molar-refractivity contribution in [2.24, 2.45) is 0 Å². The number of ether oxygens (including phenoxy) is 1. The van der Waals surface area contributed by atoms with Crippen LogP contribution in [-0.2, 0) is 4.79 Å². The number of nitriles is 1. The zero-order valence-corrected chi connectivity index (χ0v) is 14.3. The summed E-state index contributed by atoms with van der Waals surface area (Å²) in [7, 11) is 1.33. The number of benzene rings is 2. The quantitative estimate of drug-likeness (QED) is 0.450. The summed E-state index contributed by atoms with van der Waals surface area (Å²) >= 11 is 0.387. The summed E-state index contributed by atoms with van der Waals surface area (Å²) in [6.45, 7) is 0. The Bertz CT molecular complexity index is 862. The molecule has 0 atom stereocenters. The highest BCUT2D eigenvalue weighted by atomic mass is 32.2. The first kappa shape index (κ1) is 19.4. The molecule has 0 spiro atoms. The average Bonchev–Trinajstić information content (AvgIpc) is 2.61. The molecule has 0 fully saturated rings. The number of hydrogen-bond acceptors (Lipinski definition) is 4. The first-order valence-corrected chi connectivity index (χ1v) is 8.12. The van der Waals surface area contributed by atoms with Crippen molar-refractivity contribution in [2.75, 3.05) is 12.4 Å². The lowest BCUT2D eigenvalue weighted by atomic mass is 10.1. The molecule has 0 aliphatic heterocycles. The summed E-state index contributed by atoms with van der Waals surface area (Å²) in [4.78, 5) is 12.5. The van der Waals surface area contributed by atoms with Crippen LogP contribution in [0.1, 0.15) is 5.56 Å². The van der Waals surface area contributed by atoms with Crippen LogP contribution >= 0.6 is 11.8 Å². The van der Waals surface area contributed by atoms with Crippen molar-refractivity contribution in [1.29, 1.82) is 5.26 Å². The van der Waals surface area contributed by atoms with Gasteiger partial charge in [-0.05, 0) is 48.0 Å². The Morgan fingerprint density at radius 1 is 1.27 bits per heavy atom. The van der Waals surface area contributed by atoms with Gasteiger partial charge in [-0.15, -0.1) is 0 Å². The molecule has 0 saturated carbocycles. The summed E-state index contributed by atoms with van der Waals surface area (Å²) in [5.41, 5.74) is 0.426. The van der Waals surface area contributed by atoms with Gasteiger partial charge in [0.25, 0.3) is 11.7 Å². The average molecular weight is 378 g/mol. The molecule has 0 bridgehead atoms. The molecular weight excluding hydrogens is 365 g/mol. The number of hydrogen-bond donors (Lipinski definition) is 1. The lowest BCUT2D eigenvalue weighted by Crippen LogP contribution is -2.13. The number of methoxy groups -OCH3 is 1. The van der Waals surface area contributed by atoms with E-state index in [4.69, 9.17) is 10.00 Å². The zero-order valence-electron chi connectivity index (χ0n) is 13.5. The lowest BCUT2D eigenvalue weighted by molar-refractivity contribution is -0.112. The number of nitrogens with one attached hydrogen (secondary N) is 1. The molecule has 0 aromatic heterocycles. The molecule has 0 radical (unpaired) electrons. The lowest BCUT2D eigenvalue weighted by Gasteiger charge is -2.06. The predicted octanol–water partition coefficient (Wildman–Crippen LogP) is 4.69. The van der Waals surface area contributed by atoms with Crippen LogP contribution in [0.2, 0.25) is 0 Å². The van der Waals surface area contributed by atoms with Crippen molar-refractivity contribution in [3.8, 4) is 11.8 Å². The van der Waals surface area contributed by atoms with Gasteiger partial charge in [-0.25, -0.2) is 4.39 Å². The van der Waals surface area contributed by atoms with Crippen molar-refractivity contribution in [3.63, 3.8) is 0 Å². The summed E-state index contributed by atoms with van der Waals surface area (Å²) in [6.07, 6.45) is 1.23. The predicted molar refractivity (Wildman–Crippen MR) is 93.5 cm³/mol. The van der Waals surface area contributed by atoms with Crippen LogP contribution in [-0.4, -0.2) is 18.8 Å². The molecule has 2 aromatic carbocycles. The number of amides is 1. The van der Waals surface area contributed by atoms with Gasteiger partial charge in [0.15, 0.2) is 11.6 Å². The first-order chi connectivity index (χ1) is 12.4. The Labute approximate surface area is 152 Å². The van der Waals surface area contributed by atoms with E-state index in [1.54, 1.807) is 6.07 Å². The van der Waals surface area contributed by atoms with Crippen LogP contribution in [0.25, 0.3) is 6.08 Å². The fraction of sp³-hybridized carbons (Fsp3) is 0.111. The van der Waals surface area contributed by atoms with Gasteiger partial charge in [0.05, 0.1) is 7.11 Å². The van der Waals surface area contributed by atoms with Crippen molar-refractivity contribution in [1.82, 2.24) is 0 Å². The standard InChI is InChI=1S/C18H13F3N2O2S/c1-25-16-7-2-11(9-15(16)19)8-12(10-22)17(24)23-13-3-5-14(6-4-13)26-18(20)21/h2-9,18H,1H3,(H,23,24). The molecule has 4 nitrogen and oxygen atoms in total. The monoisotopic (exact) mass is 378 g/mol. The number of alkyl halides is 2. The molecule has 0 aliphatic carbocycles. The van der Waals surface area contributed by atoms with E-state index in [1.807, 2.05) is 0 Å². The fourth-order valence-electron chi connectivity index (χ4n) is 2.01. The topological polar surface area (TPSA) is 62.1 Å². The van der Waals surface area contributed by atoms with Crippen molar-refractivity contribution < 1.29 is 22.7 Å².